The number of rotatable bonds is 7. The lowest BCUT2D eigenvalue weighted by molar-refractivity contribution is 0.105. The molecule has 0 amide bonds. The SMILES string of the molecule is CCC(CC(C)c1cc(C(C)(C)C)nc(C(C)(C)C)c1)c1ccc(C(=O)Cl)c(C(=O)Cl)c1. The molecule has 0 saturated carbocycles. The second-order valence-corrected chi connectivity index (χ2v) is 11.5. The summed E-state index contributed by atoms with van der Waals surface area (Å²) in [5.74, 6) is 0.498. The van der Waals surface area contributed by atoms with Crippen LogP contribution in [0.1, 0.15) is 123 Å². The van der Waals surface area contributed by atoms with Gasteiger partial charge in [-0.3, -0.25) is 14.6 Å². The molecule has 32 heavy (non-hydrogen) atoms. The van der Waals surface area contributed by atoms with Gasteiger partial charge in [0.25, 0.3) is 10.5 Å². The van der Waals surface area contributed by atoms with Crippen LogP contribution in [0.4, 0.5) is 0 Å². The summed E-state index contributed by atoms with van der Waals surface area (Å²) < 4.78 is 0. The number of benzene rings is 1. The first kappa shape index (κ1) is 26.5. The van der Waals surface area contributed by atoms with Gasteiger partial charge in [-0.05, 0) is 83.3 Å². The fourth-order valence-corrected chi connectivity index (χ4v) is 4.18. The predicted molar refractivity (Wildman–Crippen MR) is 135 cm³/mol. The van der Waals surface area contributed by atoms with Crippen molar-refractivity contribution in [1.82, 2.24) is 4.98 Å². The maximum Gasteiger partial charge on any atom is 0.253 e. The average Bonchev–Trinajstić information content (AvgIpc) is 2.69. The number of hydrogen-bond donors (Lipinski definition) is 0. The molecule has 174 valence electrons. The molecule has 0 saturated heterocycles. The van der Waals surface area contributed by atoms with Crippen LogP contribution in [0, 0.1) is 0 Å². The van der Waals surface area contributed by atoms with Crippen molar-refractivity contribution in [2.45, 2.75) is 90.9 Å². The number of halogens is 2. The van der Waals surface area contributed by atoms with Gasteiger partial charge in [0.2, 0.25) is 0 Å². The minimum absolute atomic E-state index is 0.0422. The number of hydrogen-bond acceptors (Lipinski definition) is 3. The van der Waals surface area contributed by atoms with Crippen LogP contribution >= 0.6 is 23.2 Å². The van der Waals surface area contributed by atoms with E-state index in [1.54, 1.807) is 12.1 Å². The third-order valence-electron chi connectivity index (χ3n) is 6.02. The van der Waals surface area contributed by atoms with E-state index >= 15 is 0 Å². The minimum Gasteiger partial charge on any atom is -0.276 e. The van der Waals surface area contributed by atoms with Gasteiger partial charge in [-0.25, -0.2) is 0 Å². The minimum atomic E-state index is -0.678. The van der Waals surface area contributed by atoms with Crippen LogP contribution in [0.3, 0.4) is 0 Å². The Morgan fingerprint density at radius 2 is 1.34 bits per heavy atom. The van der Waals surface area contributed by atoms with Gasteiger partial charge in [-0.2, -0.15) is 0 Å². The van der Waals surface area contributed by atoms with E-state index in [1.807, 2.05) is 6.07 Å². The second-order valence-electron chi connectivity index (χ2n) is 10.8. The van der Waals surface area contributed by atoms with Crippen molar-refractivity contribution in [2.24, 2.45) is 0 Å². The Balaban J connectivity index is 2.44. The van der Waals surface area contributed by atoms with Crippen LogP contribution in [0.15, 0.2) is 30.3 Å². The first-order valence-electron chi connectivity index (χ1n) is 11.2. The monoisotopic (exact) mass is 475 g/mol. The average molecular weight is 476 g/mol. The first-order valence-corrected chi connectivity index (χ1v) is 12.0. The van der Waals surface area contributed by atoms with Crippen molar-refractivity contribution in [3.63, 3.8) is 0 Å². The maximum absolute atomic E-state index is 11.9. The quantitative estimate of drug-likeness (QED) is 0.379. The Morgan fingerprint density at radius 3 is 1.75 bits per heavy atom. The molecule has 5 heteroatoms. The number of pyridine rings is 1. The van der Waals surface area contributed by atoms with Gasteiger partial charge in [0.05, 0.1) is 0 Å². The van der Waals surface area contributed by atoms with Gasteiger partial charge >= 0.3 is 0 Å². The molecule has 0 aliphatic heterocycles. The Hall–Kier alpha value is -1.71. The van der Waals surface area contributed by atoms with E-state index in [0.29, 0.717) is 0 Å². The Labute approximate surface area is 202 Å². The fourth-order valence-electron chi connectivity index (χ4n) is 3.86. The van der Waals surface area contributed by atoms with E-state index < -0.39 is 10.5 Å². The molecule has 2 atom stereocenters. The van der Waals surface area contributed by atoms with Crippen LogP contribution in [0.25, 0.3) is 0 Å². The standard InChI is InChI=1S/C27H35Cl2NO2/c1-9-17(18-10-11-20(24(28)31)21(13-18)25(29)32)12-16(2)19-14-22(26(3,4)5)30-23(15-19)27(6,7)8/h10-11,13-17H,9,12H2,1-8H3. The summed E-state index contributed by atoms with van der Waals surface area (Å²) in [6, 6.07) is 9.67. The van der Waals surface area contributed by atoms with E-state index in [-0.39, 0.29) is 33.8 Å². The molecular weight excluding hydrogens is 441 g/mol. The zero-order valence-corrected chi connectivity index (χ0v) is 22.0. The molecule has 1 aromatic carbocycles. The van der Waals surface area contributed by atoms with E-state index in [1.165, 1.54) is 5.56 Å². The summed E-state index contributed by atoms with van der Waals surface area (Å²) in [6.07, 6.45) is 1.80. The van der Waals surface area contributed by atoms with Crippen molar-refractivity contribution >= 4 is 33.7 Å². The Bertz CT molecular complexity index is 967. The van der Waals surface area contributed by atoms with Crippen molar-refractivity contribution in [3.05, 3.63) is 64.0 Å². The maximum atomic E-state index is 11.9. The normalized spacial score (nSPS) is 14.2. The lowest BCUT2D eigenvalue weighted by atomic mass is 9.80. The third kappa shape index (κ3) is 6.42. The van der Waals surface area contributed by atoms with Gasteiger partial charge < -0.3 is 0 Å². The molecule has 2 unspecified atom stereocenters. The molecule has 0 radical (unpaired) electrons. The van der Waals surface area contributed by atoms with Gasteiger partial charge in [-0.1, -0.05) is 61.5 Å². The molecule has 2 aromatic rings. The lowest BCUT2D eigenvalue weighted by Crippen LogP contribution is -2.21. The van der Waals surface area contributed by atoms with Gasteiger partial charge in [-0.15, -0.1) is 0 Å². The highest BCUT2D eigenvalue weighted by Gasteiger charge is 2.25. The molecule has 0 aliphatic rings. The molecule has 1 aromatic heterocycles. The summed E-state index contributed by atoms with van der Waals surface area (Å²) in [7, 11) is 0. The predicted octanol–water partition coefficient (Wildman–Crippen LogP) is 8.12. The van der Waals surface area contributed by atoms with Crippen LogP contribution in [-0.4, -0.2) is 15.5 Å². The van der Waals surface area contributed by atoms with E-state index in [2.05, 4.69) is 67.5 Å². The zero-order valence-electron chi connectivity index (χ0n) is 20.5. The lowest BCUT2D eigenvalue weighted by Gasteiger charge is -2.27. The zero-order chi connectivity index (χ0) is 24.4. The molecule has 0 bridgehead atoms. The van der Waals surface area contributed by atoms with E-state index in [4.69, 9.17) is 28.2 Å². The van der Waals surface area contributed by atoms with E-state index in [9.17, 15) is 9.59 Å². The molecule has 1 heterocycles. The molecular formula is C27H35Cl2NO2. The van der Waals surface area contributed by atoms with Crippen molar-refractivity contribution in [1.29, 1.82) is 0 Å². The topological polar surface area (TPSA) is 47.0 Å². The van der Waals surface area contributed by atoms with Crippen LogP contribution < -0.4 is 0 Å². The van der Waals surface area contributed by atoms with Gasteiger partial charge in [0, 0.05) is 33.3 Å². The fraction of sp³-hybridized carbons (Fsp3) is 0.519. The number of nitrogens with zero attached hydrogens (tertiary/aromatic N) is 1. The second kappa shape index (κ2) is 10.1. The Morgan fingerprint density at radius 1 is 0.844 bits per heavy atom. The first-order chi connectivity index (χ1) is 14.6. The largest absolute Gasteiger partial charge is 0.276 e. The summed E-state index contributed by atoms with van der Waals surface area (Å²) in [4.78, 5) is 28.5. The number of carbonyl (C=O) groups is 2. The Kier molecular flexibility index (Phi) is 8.34. The van der Waals surface area contributed by atoms with Crippen LogP contribution in [-0.2, 0) is 10.8 Å². The van der Waals surface area contributed by atoms with Crippen molar-refractivity contribution in [2.75, 3.05) is 0 Å². The molecule has 3 nitrogen and oxygen atoms in total. The number of carbonyl (C=O) groups excluding carboxylic acids is 2. The third-order valence-corrected chi connectivity index (χ3v) is 6.43. The highest BCUT2D eigenvalue weighted by Crippen LogP contribution is 2.36. The van der Waals surface area contributed by atoms with Crippen LogP contribution in [0.5, 0.6) is 0 Å². The van der Waals surface area contributed by atoms with E-state index in [0.717, 1.165) is 29.8 Å². The molecule has 0 N–H and O–H groups in total. The van der Waals surface area contributed by atoms with Crippen LogP contribution in [0.2, 0.25) is 0 Å². The summed E-state index contributed by atoms with van der Waals surface area (Å²) in [5, 5.41) is -1.35. The summed E-state index contributed by atoms with van der Waals surface area (Å²) in [5.41, 5.74) is 4.69. The smallest absolute Gasteiger partial charge is 0.253 e. The van der Waals surface area contributed by atoms with Gasteiger partial charge in [0.1, 0.15) is 0 Å². The molecule has 2 rings (SSSR count). The highest BCUT2D eigenvalue weighted by atomic mass is 35.5. The molecule has 0 spiro atoms. The number of aromatic nitrogens is 1. The molecule has 0 aliphatic carbocycles. The summed E-state index contributed by atoms with van der Waals surface area (Å²) in [6.45, 7) is 17.5. The highest BCUT2D eigenvalue weighted by molar-refractivity contribution is 6.72. The van der Waals surface area contributed by atoms with Crippen molar-refractivity contribution in [3.8, 4) is 0 Å². The van der Waals surface area contributed by atoms with Crippen molar-refractivity contribution < 1.29 is 9.59 Å². The van der Waals surface area contributed by atoms with Gasteiger partial charge in [0.15, 0.2) is 0 Å². The summed E-state index contributed by atoms with van der Waals surface area (Å²) >= 11 is 11.4. The molecule has 0 fully saturated rings.